The largest absolute Gasteiger partial charge is 0.553 e. The second-order valence-corrected chi connectivity index (χ2v) is 3.68. The van der Waals surface area contributed by atoms with Gasteiger partial charge in [-0.05, 0) is 56.0 Å². The maximum Gasteiger partial charge on any atom is 0.204 e. The highest BCUT2D eigenvalue weighted by atomic mass is 28.2. The van der Waals surface area contributed by atoms with Gasteiger partial charge < -0.3 is 4.43 Å². The SMILES string of the molecule is Cc1cc(O[SiH3])c(C)c(C)c1C. The topological polar surface area (TPSA) is 9.23 Å². The Bertz CT molecular complexity index is 305. The molecule has 2 heteroatoms. The molecule has 0 aliphatic heterocycles. The summed E-state index contributed by atoms with van der Waals surface area (Å²) >= 11 is 0. The summed E-state index contributed by atoms with van der Waals surface area (Å²) in [4.78, 5) is 0. The van der Waals surface area contributed by atoms with E-state index in [9.17, 15) is 0 Å². The molecule has 0 saturated heterocycles. The molecule has 0 aromatic heterocycles. The molecule has 0 heterocycles. The first kappa shape index (κ1) is 9.33. The Morgan fingerprint density at radius 3 is 2.08 bits per heavy atom. The lowest BCUT2D eigenvalue weighted by atomic mass is 9.99. The Balaban J connectivity index is 3.39. The zero-order valence-electron chi connectivity index (χ0n) is 8.49. The second-order valence-electron chi connectivity index (χ2n) is 3.27. The minimum absolute atomic E-state index is 0.769. The van der Waals surface area contributed by atoms with Crippen molar-refractivity contribution in [1.29, 1.82) is 0 Å². The highest BCUT2D eigenvalue weighted by Crippen LogP contribution is 2.26. The van der Waals surface area contributed by atoms with Crippen molar-refractivity contribution in [2.45, 2.75) is 27.7 Å². The van der Waals surface area contributed by atoms with Gasteiger partial charge in [0.25, 0.3) is 0 Å². The van der Waals surface area contributed by atoms with Crippen molar-refractivity contribution in [3.05, 3.63) is 28.3 Å². The summed E-state index contributed by atoms with van der Waals surface area (Å²) in [7, 11) is 0.769. The van der Waals surface area contributed by atoms with Crippen LogP contribution < -0.4 is 4.43 Å². The standard InChI is InChI=1S/C10H16OSi/c1-6-5-10(11-12)9(4)8(3)7(6)2/h5H,1-4,12H3. The van der Waals surface area contributed by atoms with Gasteiger partial charge in [-0.25, -0.2) is 0 Å². The van der Waals surface area contributed by atoms with Crippen LogP contribution in [0, 0.1) is 27.7 Å². The number of aryl methyl sites for hydroxylation is 1. The highest BCUT2D eigenvalue weighted by Gasteiger charge is 2.05. The Morgan fingerprint density at radius 2 is 1.58 bits per heavy atom. The zero-order valence-corrected chi connectivity index (χ0v) is 10.5. The monoisotopic (exact) mass is 180 g/mol. The van der Waals surface area contributed by atoms with E-state index >= 15 is 0 Å². The lowest BCUT2D eigenvalue weighted by molar-refractivity contribution is 0.608. The molecule has 0 fully saturated rings. The van der Waals surface area contributed by atoms with Gasteiger partial charge in [0.05, 0.1) is 0 Å². The van der Waals surface area contributed by atoms with Crippen molar-refractivity contribution < 1.29 is 4.43 Å². The molecule has 0 aliphatic carbocycles. The molecular formula is C10H16OSi. The Labute approximate surface area is 77.3 Å². The first-order valence-electron chi connectivity index (χ1n) is 4.19. The lowest BCUT2D eigenvalue weighted by Gasteiger charge is -2.13. The van der Waals surface area contributed by atoms with E-state index in [1.807, 2.05) is 0 Å². The van der Waals surface area contributed by atoms with Gasteiger partial charge in [-0.2, -0.15) is 0 Å². The smallest absolute Gasteiger partial charge is 0.204 e. The van der Waals surface area contributed by atoms with Crippen molar-refractivity contribution in [1.82, 2.24) is 0 Å². The molecule has 0 radical (unpaired) electrons. The molecule has 0 aliphatic rings. The molecule has 0 unspecified atom stereocenters. The van der Waals surface area contributed by atoms with E-state index in [1.54, 1.807) is 0 Å². The van der Waals surface area contributed by atoms with Crippen molar-refractivity contribution in [3.63, 3.8) is 0 Å². The summed E-state index contributed by atoms with van der Waals surface area (Å²) in [6, 6.07) is 2.13. The lowest BCUT2D eigenvalue weighted by Crippen LogP contribution is -1.96. The Hall–Kier alpha value is -0.763. The quantitative estimate of drug-likeness (QED) is 0.596. The van der Waals surface area contributed by atoms with Crippen LogP contribution in [0.5, 0.6) is 5.75 Å². The minimum Gasteiger partial charge on any atom is -0.553 e. The van der Waals surface area contributed by atoms with Gasteiger partial charge in [0, 0.05) is 0 Å². The van der Waals surface area contributed by atoms with Crippen molar-refractivity contribution in [2.24, 2.45) is 0 Å². The van der Waals surface area contributed by atoms with E-state index in [-0.39, 0.29) is 0 Å². The fraction of sp³-hybridized carbons (Fsp3) is 0.400. The maximum atomic E-state index is 5.40. The van der Waals surface area contributed by atoms with Gasteiger partial charge >= 0.3 is 0 Å². The van der Waals surface area contributed by atoms with Crippen molar-refractivity contribution in [2.75, 3.05) is 0 Å². The predicted molar refractivity (Wildman–Crippen MR) is 56.0 cm³/mol. The van der Waals surface area contributed by atoms with Crippen LogP contribution >= 0.6 is 0 Å². The van der Waals surface area contributed by atoms with Crippen LogP contribution in [0.1, 0.15) is 22.3 Å². The fourth-order valence-corrected chi connectivity index (χ4v) is 1.81. The summed E-state index contributed by atoms with van der Waals surface area (Å²) < 4.78 is 5.40. The summed E-state index contributed by atoms with van der Waals surface area (Å²) in [5.41, 5.74) is 5.35. The molecular weight excluding hydrogens is 164 g/mol. The molecule has 0 N–H and O–H groups in total. The van der Waals surface area contributed by atoms with Crippen LogP contribution in [0.2, 0.25) is 0 Å². The Kier molecular flexibility index (Phi) is 2.57. The van der Waals surface area contributed by atoms with E-state index in [1.165, 1.54) is 22.3 Å². The average molecular weight is 180 g/mol. The van der Waals surface area contributed by atoms with E-state index < -0.39 is 0 Å². The van der Waals surface area contributed by atoms with Crippen LogP contribution in [-0.4, -0.2) is 10.5 Å². The minimum atomic E-state index is 0.769. The van der Waals surface area contributed by atoms with E-state index in [4.69, 9.17) is 4.43 Å². The van der Waals surface area contributed by atoms with Crippen LogP contribution in [0.4, 0.5) is 0 Å². The molecule has 0 saturated carbocycles. The van der Waals surface area contributed by atoms with E-state index in [0.717, 1.165) is 16.2 Å². The summed E-state index contributed by atoms with van der Waals surface area (Å²) in [5.74, 6) is 1.06. The number of benzene rings is 1. The van der Waals surface area contributed by atoms with Crippen LogP contribution in [-0.2, 0) is 0 Å². The van der Waals surface area contributed by atoms with Gasteiger partial charge in [-0.3, -0.25) is 0 Å². The number of hydrogen-bond acceptors (Lipinski definition) is 1. The average Bonchev–Trinajstić information content (AvgIpc) is 2.08. The first-order chi connectivity index (χ1) is 5.57. The molecule has 1 rings (SSSR count). The molecule has 0 atom stereocenters. The number of hydrogen-bond donors (Lipinski definition) is 0. The van der Waals surface area contributed by atoms with Gasteiger partial charge in [0.1, 0.15) is 5.75 Å². The molecule has 1 aromatic rings. The summed E-state index contributed by atoms with van der Waals surface area (Å²) in [5, 5.41) is 0. The van der Waals surface area contributed by atoms with Crippen molar-refractivity contribution >= 4 is 10.5 Å². The number of rotatable bonds is 1. The molecule has 1 nitrogen and oxygen atoms in total. The molecule has 12 heavy (non-hydrogen) atoms. The maximum absolute atomic E-state index is 5.40. The van der Waals surface area contributed by atoms with E-state index in [2.05, 4.69) is 33.8 Å². The van der Waals surface area contributed by atoms with Gasteiger partial charge in [-0.1, -0.05) is 0 Å². The first-order valence-corrected chi connectivity index (χ1v) is 5.01. The highest BCUT2D eigenvalue weighted by molar-refractivity contribution is 6.00. The zero-order chi connectivity index (χ0) is 9.30. The van der Waals surface area contributed by atoms with Crippen molar-refractivity contribution in [3.8, 4) is 5.75 Å². The van der Waals surface area contributed by atoms with Gasteiger partial charge in [0.2, 0.25) is 10.5 Å². The van der Waals surface area contributed by atoms with Crippen LogP contribution in [0.15, 0.2) is 6.07 Å². The normalized spacial score (nSPS) is 10.3. The van der Waals surface area contributed by atoms with Crippen LogP contribution in [0.25, 0.3) is 0 Å². The molecule has 0 spiro atoms. The third-order valence-corrected chi connectivity index (χ3v) is 3.09. The summed E-state index contributed by atoms with van der Waals surface area (Å²) in [6.45, 7) is 8.57. The summed E-state index contributed by atoms with van der Waals surface area (Å²) in [6.07, 6.45) is 0. The fourth-order valence-electron chi connectivity index (χ4n) is 1.39. The third-order valence-electron chi connectivity index (χ3n) is 2.65. The second kappa shape index (κ2) is 3.31. The van der Waals surface area contributed by atoms with Gasteiger partial charge in [0.15, 0.2) is 0 Å². The molecule has 0 bridgehead atoms. The molecule has 66 valence electrons. The molecule has 0 amide bonds. The molecule has 1 aromatic carbocycles. The predicted octanol–water partition coefficient (Wildman–Crippen LogP) is 1.58. The van der Waals surface area contributed by atoms with Crippen LogP contribution in [0.3, 0.4) is 0 Å². The Morgan fingerprint density at radius 1 is 1.00 bits per heavy atom. The van der Waals surface area contributed by atoms with Gasteiger partial charge in [-0.15, -0.1) is 0 Å². The van der Waals surface area contributed by atoms with E-state index in [0.29, 0.717) is 0 Å². The third kappa shape index (κ3) is 1.39.